The zero-order valence-electron chi connectivity index (χ0n) is 11.0. The molecule has 0 aliphatic rings. The van der Waals surface area contributed by atoms with E-state index in [1.54, 1.807) is 6.92 Å². The number of hydrogen-bond donors (Lipinski definition) is 3. The Morgan fingerprint density at radius 3 is 2.55 bits per heavy atom. The van der Waals surface area contributed by atoms with Crippen LogP contribution in [0.1, 0.15) is 12.6 Å². The Hall–Kier alpha value is -1.07. The van der Waals surface area contributed by atoms with Gasteiger partial charge in [-0.1, -0.05) is 6.92 Å². The summed E-state index contributed by atoms with van der Waals surface area (Å²) in [6.45, 7) is 1.66. The summed E-state index contributed by atoms with van der Waals surface area (Å²) in [4.78, 5) is 3.84. The first-order valence-electron chi connectivity index (χ1n) is 5.93. The molecule has 0 bridgehead atoms. The summed E-state index contributed by atoms with van der Waals surface area (Å²) in [7, 11) is -7.29. The minimum atomic E-state index is -3.83. The summed E-state index contributed by atoms with van der Waals surface area (Å²) in [5, 5.41) is 0. The highest BCUT2D eigenvalue weighted by atomic mass is 32.2. The van der Waals surface area contributed by atoms with Crippen molar-refractivity contribution in [1.29, 1.82) is 0 Å². The number of sulfonamides is 2. The van der Waals surface area contributed by atoms with Crippen LogP contribution in [0.15, 0.2) is 23.2 Å². The van der Waals surface area contributed by atoms with Crippen LogP contribution >= 0.6 is 0 Å². The average molecular weight is 322 g/mol. The van der Waals surface area contributed by atoms with E-state index in [-0.39, 0.29) is 36.0 Å². The second-order valence-electron chi connectivity index (χ2n) is 3.87. The monoisotopic (exact) mass is 322 g/mol. The molecule has 0 spiro atoms. The van der Waals surface area contributed by atoms with Crippen molar-refractivity contribution in [2.45, 2.75) is 18.4 Å². The second-order valence-corrected chi connectivity index (χ2v) is 7.53. The maximum atomic E-state index is 12.0. The van der Waals surface area contributed by atoms with Crippen LogP contribution in [-0.2, 0) is 26.6 Å². The number of rotatable bonds is 8. The maximum Gasteiger partial charge on any atom is 0.242 e. The van der Waals surface area contributed by atoms with Crippen molar-refractivity contribution in [3.8, 4) is 0 Å². The third kappa shape index (κ3) is 4.80. The van der Waals surface area contributed by atoms with Crippen LogP contribution in [0.2, 0.25) is 0 Å². The number of aromatic nitrogens is 1. The van der Waals surface area contributed by atoms with Crippen molar-refractivity contribution in [1.82, 2.24) is 14.4 Å². The van der Waals surface area contributed by atoms with Gasteiger partial charge in [-0.15, -0.1) is 0 Å². The molecule has 0 aliphatic heterocycles. The highest BCUT2D eigenvalue weighted by molar-refractivity contribution is 7.90. The molecule has 1 aromatic heterocycles. The Bertz CT molecular complexity index is 643. The van der Waals surface area contributed by atoms with Crippen LogP contribution in [0, 0.1) is 0 Å². The van der Waals surface area contributed by atoms with Gasteiger partial charge in [-0.05, 0) is 12.1 Å². The summed E-state index contributed by atoms with van der Waals surface area (Å²) in [5.41, 5.74) is 5.66. The Kier molecular flexibility index (Phi) is 6.02. The Balaban J connectivity index is 2.77. The van der Waals surface area contributed by atoms with E-state index in [1.165, 1.54) is 18.3 Å². The molecule has 1 aromatic rings. The lowest BCUT2D eigenvalue weighted by Crippen LogP contribution is -2.34. The molecule has 0 aliphatic carbocycles. The lowest BCUT2D eigenvalue weighted by Gasteiger charge is -2.10. The van der Waals surface area contributed by atoms with E-state index in [2.05, 4.69) is 14.4 Å². The van der Waals surface area contributed by atoms with E-state index in [0.29, 0.717) is 0 Å². The second kappa shape index (κ2) is 7.09. The lowest BCUT2D eigenvalue weighted by atomic mass is 10.3. The maximum absolute atomic E-state index is 12.0. The fourth-order valence-electron chi connectivity index (χ4n) is 1.50. The first-order valence-corrected chi connectivity index (χ1v) is 9.07. The van der Waals surface area contributed by atoms with Gasteiger partial charge in [-0.3, -0.25) is 4.98 Å². The van der Waals surface area contributed by atoms with Crippen molar-refractivity contribution < 1.29 is 16.8 Å². The number of nitrogens with two attached hydrogens (primary N) is 1. The number of hydrogen-bond acceptors (Lipinski definition) is 6. The minimum Gasteiger partial charge on any atom is -0.325 e. The predicted molar refractivity (Wildman–Crippen MR) is 74.8 cm³/mol. The molecule has 1 rings (SSSR count). The van der Waals surface area contributed by atoms with Crippen LogP contribution in [0.25, 0.3) is 0 Å². The van der Waals surface area contributed by atoms with Gasteiger partial charge in [-0.25, -0.2) is 26.3 Å². The predicted octanol–water partition coefficient (Wildman–Crippen LogP) is -1.24. The summed E-state index contributed by atoms with van der Waals surface area (Å²) in [5.74, 6) is -0.335. The standard InChI is InChI=1S/C10H18N4O4S2/c1-2-13-19(15,16)7-6-14-20(17,18)10-4-3-5-12-9(10)8-11/h3-5,13-14H,2,6-8,11H2,1H3. The first kappa shape index (κ1) is 17.0. The zero-order chi connectivity index (χ0) is 15.2. The molecule has 0 saturated heterocycles. The van der Waals surface area contributed by atoms with Crippen LogP contribution in [-0.4, -0.2) is 40.7 Å². The van der Waals surface area contributed by atoms with Crippen molar-refractivity contribution in [2.24, 2.45) is 5.73 Å². The molecule has 0 unspecified atom stereocenters. The molecule has 0 atom stereocenters. The summed E-state index contributed by atoms with van der Waals surface area (Å²) >= 11 is 0. The largest absolute Gasteiger partial charge is 0.325 e. The Morgan fingerprint density at radius 2 is 1.95 bits per heavy atom. The normalized spacial score (nSPS) is 12.5. The quantitative estimate of drug-likeness (QED) is 0.548. The highest BCUT2D eigenvalue weighted by Crippen LogP contribution is 2.11. The number of nitrogens with zero attached hydrogens (tertiary/aromatic N) is 1. The van der Waals surface area contributed by atoms with Crippen LogP contribution < -0.4 is 15.2 Å². The minimum absolute atomic E-state index is 0.0211. The highest BCUT2D eigenvalue weighted by Gasteiger charge is 2.19. The molecule has 20 heavy (non-hydrogen) atoms. The average Bonchev–Trinajstić information content (AvgIpc) is 2.38. The fraction of sp³-hybridized carbons (Fsp3) is 0.500. The van der Waals surface area contributed by atoms with E-state index in [9.17, 15) is 16.8 Å². The van der Waals surface area contributed by atoms with Gasteiger partial charge in [0.25, 0.3) is 0 Å². The molecule has 0 radical (unpaired) electrons. The molecule has 8 nitrogen and oxygen atoms in total. The third-order valence-electron chi connectivity index (χ3n) is 2.36. The topological polar surface area (TPSA) is 131 Å². The van der Waals surface area contributed by atoms with E-state index in [0.717, 1.165) is 0 Å². The van der Waals surface area contributed by atoms with Gasteiger partial charge in [0.15, 0.2) is 0 Å². The number of pyridine rings is 1. The van der Waals surface area contributed by atoms with Gasteiger partial charge in [0.1, 0.15) is 4.90 Å². The molecule has 1 heterocycles. The fourth-order valence-corrected chi connectivity index (χ4v) is 3.82. The van der Waals surface area contributed by atoms with Crippen molar-refractivity contribution in [2.75, 3.05) is 18.8 Å². The van der Waals surface area contributed by atoms with E-state index in [4.69, 9.17) is 5.73 Å². The first-order chi connectivity index (χ1) is 9.32. The molecule has 0 fully saturated rings. The van der Waals surface area contributed by atoms with E-state index in [1.807, 2.05) is 0 Å². The Labute approximate surface area is 118 Å². The van der Waals surface area contributed by atoms with Crippen molar-refractivity contribution in [3.63, 3.8) is 0 Å². The molecule has 0 amide bonds. The smallest absolute Gasteiger partial charge is 0.242 e. The Morgan fingerprint density at radius 1 is 1.25 bits per heavy atom. The van der Waals surface area contributed by atoms with E-state index >= 15 is 0 Å². The van der Waals surface area contributed by atoms with Crippen LogP contribution in [0.3, 0.4) is 0 Å². The molecule has 114 valence electrons. The lowest BCUT2D eigenvalue weighted by molar-refractivity contribution is 0.575. The van der Waals surface area contributed by atoms with Gasteiger partial charge in [0.2, 0.25) is 20.0 Å². The van der Waals surface area contributed by atoms with Gasteiger partial charge in [-0.2, -0.15) is 0 Å². The van der Waals surface area contributed by atoms with Gasteiger partial charge in [0.05, 0.1) is 11.4 Å². The molecular weight excluding hydrogens is 304 g/mol. The van der Waals surface area contributed by atoms with Crippen molar-refractivity contribution in [3.05, 3.63) is 24.0 Å². The molecule has 0 aromatic carbocycles. The van der Waals surface area contributed by atoms with E-state index < -0.39 is 20.0 Å². The molecular formula is C10H18N4O4S2. The summed E-state index contributed by atoms with van der Waals surface area (Å²) in [6.07, 6.45) is 1.44. The number of nitrogens with one attached hydrogen (secondary N) is 2. The van der Waals surface area contributed by atoms with Gasteiger partial charge in [0, 0.05) is 25.8 Å². The van der Waals surface area contributed by atoms with Crippen molar-refractivity contribution >= 4 is 20.0 Å². The third-order valence-corrected chi connectivity index (χ3v) is 5.36. The molecule has 4 N–H and O–H groups in total. The summed E-state index contributed by atoms with van der Waals surface area (Å²) in [6, 6.07) is 2.85. The van der Waals surface area contributed by atoms with Gasteiger partial charge >= 0.3 is 0 Å². The molecule has 10 heteroatoms. The van der Waals surface area contributed by atoms with Crippen LogP contribution in [0.4, 0.5) is 0 Å². The van der Waals surface area contributed by atoms with Gasteiger partial charge < -0.3 is 5.73 Å². The summed E-state index contributed by atoms with van der Waals surface area (Å²) < 4.78 is 51.4. The molecule has 0 saturated carbocycles. The van der Waals surface area contributed by atoms with Crippen LogP contribution in [0.5, 0.6) is 0 Å². The SMILES string of the molecule is CCNS(=O)(=O)CCNS(=O)(=O)c1cccnc1CN. The zero-order valence-corrected chi connectivity index (χ0v) is 12.7.